The molecule has 0 aromatic heterocycles. The van der Waals surface area contributed by atoms with Crippen LogP contribution in [0.2, 0.25) is 0 Å². The van der Waals surface area contributed by atoms with E-state index in [-0.39, 0.29) is 11.0 Å². The van der Waals surface area contributed by atoms with Gasteiger partial charge in [0.25, 0.3) is 0 Å². The number of halogens is 1. The smallest absolute Gasteiger partial charge is 0.145 e. The lowest BCUT2D eigenvalue weighted by atomic mass is 9.93. The molecule has 1 aromatic carbocycles. The summed E-state index contributed by atoms with van der Waals surface area (Å²) in [6.45, 7) is 5.99. The van der Waals surface area contributed by atoms with Crippen LogP contribution in [0.25, 0.3) is 0 Å². The number of rotatable bonds is 5. The fourth-order valence-electron chi connectivity index (χ4n) is 1.93. The zero-order chi connectivity index (χ0) is 13.8. The summed E-state index contributed by atoms with van der Waals surface area (Å²) in [5, 5.41) is 8.78. The van der Waals surface area contributed by atoms with Crippen molar-refractivity contribution in [1.82, 2.24) is 4.90 Å². The predicted molar refractivity (Wildman–Crippen MR) is 70.3 cm³/mol. The van der Waals surface area contributed by atoms with Crippen molar-refractivity contribution in [3.63, 3.8) is 0 Å². The Morgan fingerprint density at radius 1 is 1.44 bits per heavy atom. The lowest BCUT2D eigenvalue weighted by Gasteiger charge is -2.29. The van der Waals surface area contributed by atoms with Gasteiger partial charge in [-0.3, -0.25) is 0 Å². The van der Waals surface area contributed by atoms with E-state index in [1.54, 1.807) is 12.1 Å². The first-order chi connectivity index (χ1) is 8.39. The maximum absolute atomic E-state index is 13.9. The third-order valence-corrected chi connectivity index (χ3v) is 2.89. The highest BCUT2D eigenvalue weighted by atomic mass is 19.1. The molecule has 3 nitrogen and oxygen atoms in total. The number of hydrogen-bond donors (Lipinski definition) is 1. The van der Waals surface area contributed by atoms with Gasteiger partial charge in [-0.1, -0.05) is 26.0 Å². The quantitative estimate of drug-likeness (QED) is 0.869. The van der Waals surface area contributed by atoms with E-state index in [1.807, 2.05) is 18.0 Å². The van der Waals surface area contributed by atoms with Crippen LogP contribution in [0.3, 0.4) is 0 Å². The zero-order valence-corrected chi connectivity index (χ0v) is 11.2. The Balaban J connectivity index is 2.77. The maximum Gasteiger partial charge on any atom is 0.145 e. The molecule has 0 atom stereocenters. The molecule has 0 bridgehead atoms. The second-order valence-electron chi connectivity index (χ2n) is 5.43. The van der Waals surface area contributed by atoms with Crippen molar-refractivity contribution in [2.45, 2.75) is 20.4 Å². The average molecular weight is 249 g/mol. The monoisotopic (exact) mass is 249 g/mol. The van der Waals surface area contributed by atoms with Gasteiger partial charge in [-0.05, 0) is 25.1 Å². The summed E-state index contributed by atoms with van der Waals surface area (Å²) in [4.78, 5) is 2.02. The Morgan fingerprint density at radius 3 is 2.67 bits per heavy atom. The summed E-state index contributed by atoms with van der Waals surface area (Å²) in [6, 6.07) is 6.76. The van der Waals surface area contributed by atoms with E-state index in [0.717, 1.165) is 6.54 Å². The maximum atomic E-state index is 13.9. The van der Waals surface area contributed by atoms with Crippen molar-refractivity contribution in [3.05, 3.63) is 35.1 Å². The topological polar surface area (TPSA) is 53.0 Å². The molecule has 0 aliphatic heterocycles. The van der Waals surface area contributed by atoms with Gasteiger partial charge < -0.3 is 10.6 Å². The second-order valence-corrected chi connectivity index (χ2v) is 5.43. The van der Waals surface area contributed by atoms with Crippen LogP contribution in [0.1, 0.15) is 25.0 Å². The minimum absolute atomic E-state index is 0.00192. The van der Waals surface area contributed by atoms with E-state index in [0.29, 0.717) is 18.7 Å². The van der Waals surface area contributed by atoms with E-state index in [9.17, 15) is 4.39 Å². The third-order valence-electron chi connectivity index (χ3n) is 2.89. The van der Waals surface area contributed by atoms with Gasteiger partial charge >= 0.3 is 0 Å². The number of nitrogens with two attached hydrogens (primary N) is 1. The molecule has 0 radical (unpaired) electrons. The number of nitrogens with zero attached hydrogens (tertiary/aromatic N) is 2. The van der Waals surface area contributed by atoms with Crippen molar-refractivity contribution in [3.8, 4) is 6.07 Å². The Kier molecular flexibility index (Phi) is 4.83. The van der Waals surface area contributed by atoms with Gasteiger partial charge in [0.05, 0.1) is 5.56 Å². The average Bonchev–Trinajstić information content (AvgIpc) is 2.31. The standard InChI is InChI=1S/C14H20FN3/c1-14(2,9-17)10-18(3)8-12-6-4-5-11(7-16)13(12)15/h4-6H,8-10,17H2,1-3H3. The molecule has 1 aromatic rings. The molecule has 0 saturated heterocycles. The fourth-order valence-corrected chi connectivity index (χ4v) is 1.93. The van der Waals surface area contributed by atoms with Gasteiger partial charge in [0.2, 0.25) is 0 Å². The SMILES string of the molecule is CN(Cc1cccc(C#N)c1F)CC(C)(C)CN. The summed E-state index contributed by atoms with van der Waals surface area (Å²) >= 11 is 0. The van der Waals surface area contributed by atoms with E-state index in [1.165, 1.54) is 6.07 Å². The van der Waals surface area contributed by atoms with Gasteiger partial charge in [-0.25, -0.2) is 4.39 Å². The predicted octanol–water partition coefficient (Wildman–Crippen LogP) is 2.11. The summed E-state index contributed by atoms with van der Waals surface area (Å²) in [5.41, 5.74) is 6.32. The van der Waals surface area contributed by atoms with Crippen LogP contribution in [-0.2, 0) is 6.54 Å². The molecule has 18 heavy (non-hydrogen) atoms. The van der Waals surface area contributed by atoms with Crippen LogP contribution < -0.4 is 5.73 Å². The Bertz CT molecular complexity index is 449. The molecular formula is C14H20FN3. The molecule has 0 aliphatic carbocycles. The second kappa shape index (κ2) is 5.94. The normalized spacial score (nSPS) is 11.6. The van der Waals surface area contributed by atoms with Gasteiger partial charge in [-0.2, -0.15) is 5.26 Å². The van der Waals surface area contributed by atoms with Crippen molar-refractivity contribution >= 4 is 0 Å². The summed E-state index contributed by atoms with van der Waals surface area (Å²) in [5.74, 6) is -0.419. The molecular weight excluding hydrogens is 229 g/mol. The minimum Gasteiger partial charge on any atom is -0.330 e. The van der Waals surface area contributed by atoms with Crippen LogP contribution >= 0.6 is 0 Å². The molecule has 0 fully saturated rings. The number of nitriles is 1. The largest absolute Gasteiger partial charge is 0.330 e. The Morgan fingerprint density at radius 2 is 2.11 bits per heavy atom. The summed E-state index contributed by atoms with van der Waals surface area (Å²) in [6.07, 6.45) is 0. The molecule has 0 heterocycles. The molecule has 1 rings (SSSR count). The van der Waals surface area contributed by atoms with Gasteiger partial charge in [0.1, 0.15) is 11.9 Å². The molecule has 2 N–H and O–H groups in total. The fraction of sp³-hybridized carbons (Fsp3) is 0.500. The van der Waals surface area contributed by atoms with E-state index >= 15 is 0 Å². The molecule has 0 amide bonds. The van der Waals surface area contributed by atoms with Crippen LogP contribution in [0, 0.1) is 22.6 Å². The molecule has 0 unspecified atom stereocenters. The Hall–Kier alpha value is -1.44. The first kappa shape index (κ1) is 14.6. The van der Waals surface area contributed by atoms with Crippen LogP contribution in [-0.4, -0.2) is 25.0 Å². The highest BCUT2D eigenvalue weighted by Crippen LogP contribution is 2.18. The number of hydrogen-bond acceptors (Lipinski definition) is 3. The number of benzene rings is 1. The van der Waals surface area contributed by atoms with Crippen LogP contribution in [0.15, 0.2) is 18.2 Å². The van der Waals surface area contributed by atoms with Crippen molar-refractivity contribution in [2.75, 3.05) is 20.1 Å². The first-order valence-electron chi connectivity index (χ1n) is 5.96. The van der Waals surface area contributed by atoms with Gasteiger partial charge in [0.15, 0.2) is 0 Å². The van der Waals surface area contributed by atoms with Crippen LogP contribution in [0.5, 0.6) is 0 Å². The van der Waals surface area contributed by atoms with Crippen molar-refractivity contribution < 1.29 is 4.39 Å². The van der Waals surface area contributed by atoms with Crippen LogP contribution in [0.4, 0.5) is 4.39 Å². The lowest BCUT2D eigenvalue weighted by Crippen LogP contribution is -2.36. The highest BCUT2D eigenvalue weighted by molar-refractivity contribution is 5.34. The zero-order valence-electron chi connectivity index (χ0n) is 11.2. The van der Waals surface area contributed by atoms with Crippen molar-refractivity contribution in [1.29, 1.82) is 5.26 Å². The van der Waals surface area contributed by atoms with Gasteiger partial charge in [0, 0.05) is 18.7 Å². The molecule has 98 valence electrons. The minimum atomic E-state index is -0.419. The molecule has 0 aliphatic rings. The third kappa shape index (κ3) is 3.80. The van der Waals surface area contributed by atoms with E-state index < -0.39 is 5.82 Å². The highest BCUT2D eigenvalue weighted by Gasteiger charge is 2.19. The van der Waals surface area contributed by atoms with E-state index in [2.05, 4.69) is 13.8 Å². The molecule has 0 spiro atoms. The first-order valence-corrected chi connectivity index (χ1v) is 5.96. The van der Waals surface area contributed by atoms with Gasteiger partial charge in [-0.15, -0.1) is 0 Å². The van der Waals surface area contributed by atoms with E-state index in [4.69, 9.17) is 11.0 Å². The summed E-state index contributed by atoms with van der Waals surface area (Å²) in [7, 11) is 1.93. The summed E-state index contributed by atoms with van der Waals surface area (Å²) < 4.78 is 13.9. The van der Waals surface area contributed by atoms with Crippen molar-refractivity contribution in [2.24, 2.45) is 11.1 Å². The molecule has 0 saturated carbocycles. The lowest BCUT2D eigenvalue weighted by molar-refractivity contribution is 0.208. The Labute approximate surface area is 108 Å². The molecule has 4 heteroatoms.